The van der Waals surface area contributed by atoms with E-state index < -0.39 is 15.6 Å². The van der Waals surface area contributed by atoms with Crippen LogP contribution in [0.5, 0.6) is 0 Å². The van der Waals surface area contributed by atoms with Crippen molar-refractivity contribution in [2.24, 2.45) is 0 Å². The molecule has 1 aromatic carbocycles. The van der Waals surface area contributed by atoms with Gasteiger partial charge in [0, 0.05) is 24.3 Å². The van der Waals surface area contributed by atoms with Gasteiger partial charge in [-0.05, 0) is 52.3 Å². The molecule has 0 bridgehead atoms. The number of sulfonamides is 1. The lowest BCUT2D eigenvalue weighted by atomic mass is 10.1. The third-order valence-electron chi connectivity index (χ3n) is 3.00. The van der Waals surface area contributed by atoms with E-state index in [1.165, 1.54) is 12.1 Å². The van der Waals surface area contributed by atoms with Crippen molar-refractivity contribution in [2.45, 2.75) is 51.1 Å². The average Bonchev–Trinajstić information content (AvgIpc) is 2.36. The predicted octanol–water partition coefficient (Wildman–Crippen LogP) is 1.84. The van der Waals surface area contributed by atoms with E-state index in [-0.39, 0.29) is 16.8 Å². The minimum Gasteiger partial charge on any atom is -0.383 e. The Morgan fingerprint density at radius 3 is 2.43 bits per heavy atom. The first-order chi connectivity index (χ1) is 10.5. The molecule has 0 heterocycles. The van der Waals surface area contributed by atoms with Crippen LogP contribution in [0.1, 0.15) is 43.6 Å². The zero-order chi connectivity index (χ0) is 17.8. The van der Waals surface area contributed by atoms with Gasteiger partial charge in [-0.1, -0.05) is 6.07 Å². The number of hydrogen-bond acceptors (Lipinski definition) is 4. The molecule has 0 fully saturated rings. The third-order valence-corrected chi connectivity index (χ3v) is 4.75. The molecule has 1 rings (SSSR count). The number of carbonyl (C=O) groups is 1. The molecule has 0 aliphatic carbocycles. The summed E-state index contributed by atoms with van der Waals surface area (Å²) < 4.78 is 32.4. The van der Waals surface area contributed by atoms with E-state index in [1.54, 1.807) is 40.9 Å². The minimum atomic E-state index is -3.68. The molecule has 1 aromatic rings. The van der Waals surface area contributed by atoms with Crippen LogP contribution < -0.4 is 10.0 Å². The number of benzene rings is 1. The van der Waals surface area contributed by atoms with E-state index in [9.17, 15) is 13.2 Å². The van der Waals surface area contributed by atoms with Crippen molar-refractivity contribution < 1.29 is 17.9 Å². The zero-order valence-corrected chi connectivity index (χ0v) is 15.4. The minimum absolute atomic E-state index is 0.0718. The van der Waals surface area contributed by atoms with Crippen molar-refractivity contribution >= 4 is 15.9 Å². The van der Waals surface area contributed by atoms with Crippen molar-refractivity contribution in [1.29, 1.82) is 0 Å². The molecular weight excluding hydrogens is 316 g/mol. The van der Waals surface area contributed by atoms with Crippen molar-refractivity contribution in [3.63, 3.8) is 0 Å². The fourth-order valence-corrected chi connectivity index (χ4v) is 3.51. The molecule has 0 spiro atoms. The summed E-state index contributed by atoms with van der Waals surface area (Å²) >= 11 is 0. The van der Waals surface area contributed by atoms with Crippen molar-refractivity contribution in [2.75, 3.05) is 13.7 Å². The molecule has 2 N–H and O–H groups in total. The normalized spacial score (nSPS) is 13.7. The zero-order valence-electron chi connectivity index (χ0n) is 14.6. The summed E-state index contributed by atoms with van der Waals surface area (Å²) in [5, 5.41) is 2.79. The second-order valence-electron chi connectivity index (χ2n) is 6.66. The standard InChI is InChI=1S/C16H26N2O4S/c1-11-7-8-13(23(20,21)18-16(3,4)5)9-14(11)15(19)17-12(2)10-22-6/h7-9,12,18H,10H2,1-6H3,(H,17,19). The highest BCUT2D eigenvalue weighted by Crippen LogP contribution is 2.17. The Morgan fingerprint density at radius 2 is 1.91 bits per heavy atom. The first-order valence-electron chi connectivity index (χ1n) is 7.40. The Hall–Kier alpha value is -1.44. The van der Waals surface area contributed by atoms with Crippen LogP contribution in [0, 0.1) is 6.92 Å². The lowest BCUT2D eigenvalue weighted by Gasteiger charge is -2.21. The van der Waals surface area contributed by atoms with E-state index in [0.717, 1.165) is 0 Å². The van der Waals surface area contributed by atoms with E-state index in [0.29, 0.717) is 17.7 Å². The van der Waals surface area contributed by atoms with Crippen molar-refractivity contribution in [3.8, 4) is 0 Å². The molecule has 0 aliphatic rings. The van der Waals surface area contributed by atoms with Gasteiger partial charge in [-0.3, -0.25) is 4.79 Å². The molecule has 6 nitrogen and oxygen atoms in total. The molecule has 0 aliphatic heterocycles. The highest BCUT2D eigenvalue weighted by atomic mass is 32.2. The molecule has 23 heavy (non-hydrogen) atoms. The number of hydrogen-bond donors (Lipinski definition) is 2. The summed E-state index contributed by atoms with van der Waals surface area (Å²) in [6, 6.07) is 4.37. The molecule has 1 amide bonds. The second-order valence-corrected chi connectivity index (χ2v) is 8.34. The maximum absolute atomic E-state index is 12.4. The van der Waals surface area contributed by atoms with Crippen LogP contribution in [0.4, 0.5) is 0 Å². The summed E-state index contributed by atoms with van der Waals surface area (Å²) in [6.45, 7) is 9.26. The molecule has 1 atom stereocenters. The molecule has 130 valence electrons. The molecule has 7 heteroatoms. The van der Waals surface area contributed by atoms with Gasteiger partial charge in [0.25, 0.3) is 5.91 Å². The maximum Gasteiger partial charge on any atom is 0.251 e. The Kier molecular flexibility index (Phi) is 6.33. The highest BCUT2D eigenvalue weighted by molar-refractivity contribution is 7.89. The predicted molar refractivity (Wildman–Crippen MR) is 90.1 cm³/mol. The van der Waals surface area contributed by atoms with Crippen molar-refractivity contribution in [1.82, 2.24) is 10.0 Å². The van der Waals surface area contributed by atoms with Gasteiger partial charge < -0.3 is 10.1 Å². The van der Waals surface area contributed by atoms with E-state index in [4.69, 9.17) is 4.74 Å². The fraction of sp³-hybridized carbons (Fsp3) is 0.562. The van der Waals surface area contributed by atoms with E-state index >= 15 is 0 Å². The quantitative estimate of drug-likeness (QED) is 0.826. The van der Waals surface area contributed by atoms with Gasteiger partial charge in [-0.15, -0.1) is 0 Å². The number of methoxy groups -OCH3 is 1. The second kappa shape index (κ2) is 7.42. The number of aryl methyl sites for hydroxylation is 1. The summed E-state index contributed by atoms with van der Waals surface area (Å²) in [6.07, 6.45) is 0. The molecule has 0 aromatic heterocycles. The summed E-state index contributed by atoms with van der Waals surface area (Å²) in [4.78, 5) is 12.4. The summed E-state index contributed by atoms with van der Waals surface area (Å²) in [5.41, 5.74) is 0.450. The Bertz CT molecular complexity index is 663. The van der Waals surface area contributed by atoms with Gasteiger partial charge in [0.05, 0.1) is 11.5 Å². The van der Waals surface area contributed by atoms with Gasteiger partial charge in [0.1, 0.15) is 0 Å². The number of nitrogens with one attached hydrogen (secondary N) is 2. The molecule has 0 saturated heterocycles. The number of ether oxygens (including phenoxy) is 1. The lowest BCUT2D eigenvalue weighted by molar-refractivity contribution is 0.0904. The van der Waals surface area contributed by atoms with Gasteiger partial charge in [0.15, 0.2) is 0 Å². The number of amides is 1. The van der Waals surface area contributed by atoms with Crippen LogP contribution in [0.2, 0.25) is 0 Å². The fourth-order valence-electron chi connectivity index (χ4n) is 2.07. The van der Waals surface area contributed by atoms with Gasteiger partial charge in [-0.2, -0.15) is 0 Å². The highest BCUT2D eigenvalue weighted by Gasteiger charge is 2.23. The topological polar surface area (TPSA) is 84.5 Å². The van der Waals surface area contributed by atoms with Crippen LogP contribution >= 0.6 is 0 Å². The monoisotopic (exact) mass is 342 g/mol. The smallest absolute Gasteiger partial charge is 0.251 e. The average molecular weight is 342 g/mol. The first kappa shape index (κ1) is 19.6. The maximum atomic E-state index is 12.4. The lowest BCUT2D eigenvalue weighted by Crippen LogP contribution is -2.40. The number of rotatable bonds is 6. The van der Waals surface area contributed by atoms with Gasteiger partial charge in [-0.25, -0.2) is 13.1 Å². The summed E-state index contributed by atoms with van der Waals surface area (Å²) in [7, 11) is -2.13. The van der Waals surface area contributed by atoms with Gasteiger partial charge in [0.2, 0.25) is 10.0 Å². The van der Waals surface area contributed by atoms with Crippen molar-refractivity contribution in [3.05, 3.63) is 29.3 Å². The Balaban J connectivity index is 3.11. The van der Waals surface area contributed by atoms with Crippen LogP contribution in [0.25, 0.3) is 0 Å². The van der Waals surface area contributed by atoms with E-state index in [1.807, 2.05) is 6.92 Å². The molecule has 0 saturated carbocycles. The van der Waals surface area contributed by atoms with Crippen LogP contribution in [-0.2, 0) is 14.8 Å². The van der Waals surface area contributed by atoms with E-state index in [2.05, 4.69) is 10.0 Å². The number of carbonyl (C=O) groups excluding carboxylic acids is 1. The molecular formula is C16H26N2O4S. The summed E-state index contributed by atoms with van der Waals surface area (Å²) in [5.74, 6) is -0.320. The Labute approximate surface area is 138 Å². The SMILES string of the molecule is COCC(C)NC(=O)c1cc(S(=O)(=O)NC(C)(C)C)ccc1C. The molecule has 1 unspecified atom stereocenters. The van der Waals surface area contributed by atoms with Crippen LogP contribution in [0.3, 0.4) is 0 Å². The largest absolute Gasteiger partial charge is 0.383 e. The molecule has 0 radical (unpaired) electrons. The van der Waals surface area contributed by atoms with Crippen LogP contribution in [0.15, 0.2) is 23.1 Å². The van der Waals surface area contributed by atoms with Gasteiger partial charge >= 0.3 is 0 Å². The third kappa shape index (κ3) is 5.93. The Morgan fingerprint density at radius 1 is 1.30 bits per heavy atom. The first-order valence-corrected chi connectivity index (χ1v) is 8.89. The van der Waals surface area contributed by atoms with Crippen LogP contribution in [-0.4, -0.2) is 39.6 Å².